The van der Waals surface area contributed by atoms with E-state index in [0.29, 0.717) is 0 Å². The van der Waals surface area contributed by atoms with Crippen molar-refractivity contribution in [1.29, 1.82) is 0 Å². The van der Waals surface area contributed by atoms with Gasteiger partial charge in [-0.1, -0.05) is 18.2 Å². The van der Waals surface area contributed by atoms with Gasteiger partial charge in [0.1, 0.15) is 5.01 Å². The Labute approximate surface area is 118 Å². The Balaban J connectivity index is 1.94. The number of thiazole rings is 1. The summed E-state index contributed by atoms with van der Waals surface area (Å²) in [4.78, 5) is 6.86. The lowest BCUT2D eigenvalue weighted by molar-refractivity contribution is 0.395. The van der Waals surface area contributed by atoms with Crippen LogP contribution in [-0.2, 0) is 13.1 Å². The molecule has 0 saturated heterocycles. The first-order chi connectivity index (χ1) is 9.14. The van der Waals surface area contributed by atoms with Crippen molar-refractivity contribution in [2.24, 2.45) is 0 Å². The third kappa shape index (κ3) is 2.80. The molecular weight excluding hydrogens is 254 g/mol. The zero-order chi connectivity index (χ0) is 13.3. The standard InChI is InChI=1S/C15H19N3S/c1-15(2)11-18(10-14-16-7-8-19-14)13-6-4-3-5-12(13)9-17-15/h3-8,17H,9-11H2,1-2H3. The van der Waals surface area contributed by atoms with Crippen LogP contribution in [0.1, 0.15) is 24.4 Å². The molecule has 4 heteroatoms. The molecule has 19 heavy (non-hydrogen) atoms. The summed E-state index contributed by atoms with van der Waals surface area (Å²) >= 11 is 1.72. The van der Waals surface area contributed by atoms with E-state index in [1.165, 1.54) is 16.3 Å². The third-order valence-corrected chi connectivity index (χ3v) is 4.25. The molecule has 0 fully saturated rings. The van der Waals surface area contributed by atoms with Gasteiger partial charge in [0.2, 0.25) is 0 Å². The van der Waals surface area contributed by atoms with Gasteiger partial charge >= 0.3 is 0 Å². The van der Waals surface area contributed by atoms with Crippen molar-refractivity contribution in [2.45, 2.75) is 32.5 Å². The van der Waals surface area contributed by atoms with Gasteiger partial charge in [0, 0.05) is 35.9 Å². The Hall–Kier alpha value is -1.39. The number of nitrogens with zero attached hydrogens (tertiary/aromatic N) is 2. The van der Waals surface area contributed by atoms with Crippen LogP contribution in [0.2, 0.25) is 0 Å². The van der Waals surface area contributed by atoms with Crippen LogP contribution in [0, 0.1) is 0 Å². The lowest BCUT2D eigenvalue weighted by atomic mass is 10.1. The van der Waals surface area contributed by atoms with Crippen LogP contribution in [0.3, 0.4) is 0 Å². The van der Waals surface area contributed by atoms with Crippen molar-refractivity contribution in [3.8, 4) is 0 Å². The highest BCUT2D eigenvalue weighted by molar-refractivity contribution is 7.09. The summed E-state index contributed by atoms with van der Waals surface area (Å²) in [6.45, 7) is 7.32. The molecule has 1 N–H and O–H groups in total. The molecule has 0 aliphatic carbocycles. The third-order valence-electron chi connectivity index (χ3n) is 3.49. The fourth-order valence-electron chi connectivity index (χ4n) is 2.56. The number of nitrogens with one attached hydrogen (secondary N) is 1. The van der Waals surface area contributed by atoms with Gasteiger partial charge in [-0.2, -0.15) is 0 Å². The fourth-order valence-corrected chi connectivity index (χ4v) is 3.19. The van der Waals surface area contributed by atoms with Crippen LogP contribution in [0.4, 0.5) is 5.69 Å². The van der Waals surface area contributed by atoms with Crippen molar-refractivity contribution >= 4 is 17.0 Å². The molecule has 1 aromatic carbocycles. The molecule has 0 saturated carbocycles. The number of benzene rings is 1. The molecule has 0 spiro atoms. The largest absolute Gasteiger partial charge is 0.363 e. The van der Waals surface area contributed by atoms with E-state index >= 15 is 0 Å². The van der Waals surface area contributed by atoms with Crippen LogP contribution in [0.5, 0.6) is 0 Å². The first-order valence-corrected chi connectivity index (χ1v) is 7.48. The molecule has 3 rings (SSSR count). The first-order valence-electron chi connectivity index (χ1n) is 6.60. The van der Waals surface area contributed by atoms with E-state index in [1.54, 1.807) is 11.3 Å². The quantitative estimate of drug-likeness (QED) is 0.911. The molecule has 1 aliphatic heterocycles. The predicted octanol–water partition coefficient (Wildman–Crippen LogP) is 3.03. The second-order valence-electron chi connectivity index (χ2n) is 5.65. The number of fused-ring (bicyclic) bond motifs is 1. The zero-order valence-corrected chi connectivity index (χ0v) is 12.2. The van der Waals surface area contributed by atoms with E-state index in [0.717, 1.165) is 19.6 Å². The second-order valence-corrected chi connectivity index (χ2v) is 6.63. The maximum Gasteiger partial charge on any atom is 0.112 e. The highest BCUT2D eigenvalue weighted by Crippen LogP contribution is 2.28. The minimum atomic E-state index is 0.107. The average Bonchev–Trinajstić information content (AvgIpc) is 2.84. The van der Waals surface area contributed by atoms with E-state index in [1.807, 2.05) is 11.6 Å². The number of aromatic nitrogens is 1. The van der Waals surface area contributed by atoms with Crippen molar-refractivity contribution < 1.29 is 0 Å². The van der Waals surface area contributed by atoms with Gasteiger partial charge in [0.25, 0.3) is 0 Å². The van der Waals surface area contributed by atoms with Crippen LogP contribution in [0.25, 0.3) is 0 Å². The smallest absolute Gasteiger partial charge is 0.112 e. The summed E-state index contributed by atoms with van der Waals surface area (Å²) in [6, 6.07) is 8.65. The summed E-state index contributed by atoms with van der Waals surface area (Å²) in [5, 5.41) is 6.85. The monoisotopic (exact) mass is 273 g/mol. The molecular formula is C15H19N3S. The fraction of sp³-hybridized carbons (Fsp3) is 0.400. The number of hydrogen-bond donors (Lipinski definition) is 1. The predicted molar refractivity (Wildman–Crippen MR) is 80.5 cm³/mol. The Morgan fingerprint density at radius 2 is 2.21 bits per heavy atom. The van der Waals surface area contributed by atoms with Gasteiger partial charge in [-0.25, -0.2) is 4.98 Å². The van der Waals surface area contributed by atoms with Crippen molar-refractivity contribution in [3.63, 3.8) is 0 Å². The highest BCUT2D eigenvalue weighted by atomic mass is 32.1. The summed E-state index contributed by atoms with van der Waals surface area (Å²) in [7, 11) is 0. The molecule has 1 aromatic heterocycles. The van der Waals surface area contributed by atoms with Gasteiger partial charge in [-0.15, -0.1) is 11.3 Å². The van der Waals surface area contributed by atoms with E-state index in [9.17, 15) is 0 Å². The maximum atomic E-state index is 4.42. The molecule has 0 bridgehead atoms. The molecule has 2 aromatic rings. The number of rotatable bonds is 2. The highest BCUT2D eigenvalue weighted by Gasteiger charge is 2.26. The van der Waals surface area contributed by atoms with Crippen LogP contribution < -0.4 is 10.2 Å². The van der Waals surface area contributed by atoms with Gasteiger partial charge in [0.15, 0.2) is 0 Å². The Kier molecular flexibility index (Phi) is 3.29. The number of hydrogen-bond acceptors (Lipinski definition) is 4. The lowest BCUT2D eigenvalue weighted by Gasteiger charge is -2.31. The topological polar surface area (TPSA) is 28.2 Å². The first kappa shape index (κ1) is 12.6. The van der Waals surface area contributed by atoms with Crippen LogP contribution in [-0.4, -0.2) is 17.1 Å². The average molecular weight is 273 g/mol. The molecule has 0 amide bonds. The Morgan fingerprint density at radius 3 is 3.00 bits per heavy atom. The summed E-state index contributed by atoms with van der Waals surface area (Å²) < 4.78 is 0. The second kappa shape index (κ2) is 4.94. The zero-order valence-electron chi connectivity index (χ0n) is 11.4. The van der Waals surface area contributed by atoms with Crippen molar-refractivity contribution in [3.05, 3.63) is 46.4 Å². The summed E-state index contributed by atoms with van der Waals surface area (Å²) in [5.41, 5.74) is 2.80. The number of anilines is 1. The normalized spacial score (nSPS) is 17.9. The van der Waals surface area contributed by atoms with E-state index in [4.69, 9.17) is 0 Å². The van der Waals surface area contributed by atoms with Crippen LogP contribution in [0.15, 0.2) is 35.8 Å². The molecule has 0 radical (unpaired) electrons. The lowest BCUT2D eigenvalue weighted by Crippen LogP contribution is -2.46. The van der Waals surface area contributed by atoms with Gasteiger partial charge in [-0.3, -0.25) is 0 Å². The van der Waals surface area contributed by atoms with E-state index < -0.39 is 0 Å². The van der Waals surface area contributed by atoms with E-state index in [2.05, 4.69) is 53.3 Å². The van der Waals surface area contributed by atoms with Gasteiger partial charge in [-0.05, 0) is 25.5 Å². The van der Waals surface area contributed by atoms with Gasteiger partial charge in [0.05, 0.1) is 6.54 Å². The van der Waals surface area contributed by atoms with Crippen molar-refractivity contribution in [2.75, 3.05) is 11.4 Å². The molecule has 1 aliphatic rings. The Bertz CT molecular complexity index is 548. The van der Waals surface area contributed by atoms with Gasteiger partial charge < -0.3 is 10.2 Å². The Morgan fingerprint density at radius 1 is 1.37 bits per heavy atom. The minimum absolute atomic E-state index is 0.107. The van der Waals surface area contributed by atoms with E-state index in [-0.39, 0.29) is 5.54 Å². The molecule has 2 heterocycles. The molecule has 0 atom stereocenters. The number of para-hydroxylation sites is 1. The van der Waals surface area contributed by atoms with Crippen LogP contribution >= 0.6 is 11.3 Å². The SMILES string of the molecule is CC1(C)CN(Cc2nccs2)c2ccccc2CN1. The maximum absolute atomic E-state index is 4.42. The molecule has 0 unspecified atom stereocenters. The van der Waals surface area contributed by atoms with Crippen molar-refractivity contribution in [1.82, 2.24) is 10.3 Å². The summed E-state index contributed by atoms with van der Waals surface area (Å²) in [6.07, 6.45) is 1.88. The molecule has 3 nitrogen and oxygen atoms in total. The minimum Gasteiger partial charge on any atom is -0.363 e. The summed E-state index contributed by atoms with van der Waals surface area (Å²) in [5.74, 6) is 0. The molecule has 100 valence electrons.